The lowest BCUT2D eigenvalue weighted by molar-refractivity contribution is -0.923. The van der Waals surface area contributed by atoms with Crippen LogP contribution in [0.4, 0.5) is 16.4 Å². The van der Waals surface area contributed by atoms with E-state index in [2.05, 4.69) is 68.8 Å². The van der Waals surface area contributed by atoms with Crippen LogP contribution in [0.5, 0.6) is 11.5 Å². The second-order valence-corrected chi connectivity index (χ2v) is 13.2. The van der Waals surface area contributed by atoms with E-state index in [0.29, 0.717) is 84.3 Å². The van der Waals surface area contributed by atoms with Crippen LogP contribution >= 0.6 is 11.3 Å². The van der Waals surface area contributed by atoms with Crippen LogP contribution in [0.25, 0.3) is 0 Å². The minimum Gasteiger partial charge on any atom is -0.494 e. The van der Waals surface area contributed by atoms with Gasteiger partial charge in [-0.05, 0) is 54.0 Å². The summed E-state index contributed by atoms with van der Waals surface area (Å²) in [4.78, 5) is 2.62. The maximum atomic E-state index is 9.63. The molecule has 12 nitrogen and oxygen atoms in total. The molecule has 0 aliphatic heterocycles. The zero-order valence-electron chi connectivity index (χ0n) is 32.0. The lowest BCUT2D eigenvalue weighted by atomic mass is 10.2. The number of likely N-dealkylation sites (N-methyl/N-ethyl adjacent to an activating group) is 2. The van der Waals surface area contributed by atoms with E-state index in [4.69, 9.17) is 23.7 Å². The molecule has 278 valence electrons. The Kier molecular flexibility index (Phi) is 19.3. The molecule has 13 heteroatoms. The van der Waals surface area contributed by atoms with Crippen LogP contribution in [0.1, 0.15) is 57.5 Å². The second kappa shape index (κ2) is 22.5. The molecule has 1 heterocycles. The molecule has 0 aliphatic rings. The van der Waals surface area contributed by atoms with Crippen LogP contribution in [0.2, 0.25) is 0 Å². The minimum atomic E-state index is 0.345. The molecule has 0 radical (unpaired) electrons. The van der Waals surface area contributed by atoms with Crippen molar-refractivity contribution in [2.24, 2.45) is 10.2 Å². The second-order valence-electron chi connectivity index (χ2n) is 12.2. The lowest BCUT2D eigenvalue weighted by Gasteiger charge is -2.35. The van der Waals surface area contributed by atoms with Gasteiger partial charge in [0.1, 0.15) is 47.3 Å². The molecule has 50 heavy (non-hydrogen) atoms. The highest BCUT2D eigenvalue weighted by atomic mass is 32.1. The Morgan fingerprint density at radius 1 is 0.680 bits per heavy atom. The number of thiophene rings is 1. The van der Waals surface area contributed by atoms with Crippen LogP contribution in [-0.4, -0.2) is 128 Å². The first-order chi connectivity index (χ1) is 24.2. The van der Waals surface area contributed by atoms with Gasteiger partial charge >= 0.3 is 0 Å². The van der Waals surface area contributed by atoms with Crippen molar-refractivity contribution in [1.82, 2.24) is 0 Å². The Morgan fingerprint density at radius 3 is 1.64 bits per heavy atom. The third kappa shape index (κ3) is 11.9. The molecule has 0 N–H and O–H groups in total. The number of nitriles is 2. The molecule has 0 aliphatic carbocycles. The molecule has 1 aromatic heterocycles. The average Bonchev–Trinajstić information content (AvgIpc) is 3.47. The Morgan fingerprint density at radius 2 is 1.18 bits per heavy atom. The van der Waals surface area contributed by atoms with Crippen LogP contribution in [0.15, 0.2) is 22.4 Å². The molecular weight excluding hydrogens is 655 g/mol. The number of azo groups is 1. The number of ether oxygens (including phenoxy) is 5. The molecule has 0 saturated carbocycles. The van der Waals surface area contributed by atoms with Gasteiger partial charge in [-0.25, -0.2) is 0 Å². The summed E-state index contributed by atoms with van der Waals surface area (Å²) < 4.78 is 31.8. The van der Waals surface area contributed by atoms with Gasteiger partial charge in [0.05, 0.1) is 104 Å². The maximum Gasteiger partial charge on any atom is 0.158 e. The van der Waals surface area contributed by atoms with Crippen LogP contribution in [0.3, 0.4) is 0 Å². The van der Waals surface area contributed by atoms with Crippen molar-refractivity contribution in [2.45, 2.75) is 48.5 Å². The molecule has 0 atom stereocenters. The maximum absolute atomic E-state index is 9.63. The van der Waals surface area contributed by atoms with Gasteiger partial charge < -0.3 is 37.6 Å². The smallest absolute Gasteiger partial charge is 0.158 e. The van der Waals surface area contributed by atoms with Crippen molar-refractivity contribution < 1.29 is 32.7 Å². The summed E-state index contributed by atoms with van der Waals surface area (Å²) in [5, 5.41) is 28.2. The molecule has 2 aromatic rings. The van der Waals surface area contributed by atoms with E-state index < -0.39 is 0 Å². The van der Waals surface area contributed by atoms with Gasteiger partial charge in [0, 0.05) is 25.2 Å². The first-order valence-corrected chi connectivity index (χ1v) is 18.8. The summed E-state index contributed by atoms with van der Waals surface area (Å²) in [6, 6.07) is 7.92. The first-order valence-electron chi connectivity index (χ1n) is 18.0. The minimum absolute atomic E-state index is 0.345. The fraction of sp³-hybridized carbons (Fsp3) is 0.676. The number of quaternary nitrogens is 2. The van der Waals surface area contributed by atoms with E-state index in [0.717, 1.165) is 85.0 Å². The fourth-order valence-corrected chi connectivity index (χ4v) is 6.91. The van der Waals surface area contributed by atoms with Gasteiger partial charge in [-0.15, -0.1) is 21.6 Å². The fourth-order valence-electron chi connectivity index (χ4n) is 6.03. The molecular formula is C37H61N7O5S+2. The van der Waals surface area contributed by atoms with E-state index in [1.807, 2.05) is 6.07 Å². The molecule has 0 saturated heterocycles. The molecule has 1 aromatic carbocycles. The van der Waals surface area contributed by atoms with Crippen molar-refractivity contribution in [3.8, 4) is 23.6 Å². The van der Waals surface area contributed by atoms with Crippen molar-refractivity contribution >= 4 is 27.7 Å². The van der Waals surface area contributed by atoms with Crippen molar-refractivity contribution in [1.29, 1.82) is 10.5 Å². The van der Waals surface area contributed by atoms with Gasteiger partial charge in [-0.3, -0.25) is 0 Å². The number of hydrogen-bond donors (Lipinski definition) is 0. The summed E-state index contributed by atoms with van der Waals surface area (Å²) in [5.41, 5.74) is 2.21. The Labute approximate surface area is 304 Å². The Bertz CT molecular complexity index is 1390. The van der Waals surface area contributed by atoms with Crippen LogP contribution in [0, 0.1) is 29.6 Å². The number of rotatable bonds is 26. The number of nitrogens with zero attached hydrogens (tertiary/aromatic N) is 7. The predicted molar refractivity (Wildman–Crippen MR) is 200 cm³/mol. The quantitative estimate of drug-likeness (QED) is 0.0590. The SMILES string of the molecule is CC[N+](CC)(CC)CCOCCOCCN(CCOCC[N+](CC)(CC)CC)c1cc(OC)c(N=Nc2sc(C#N)c(C)c2C#N)cc1OC. The summed E-state index contributed by atoms with van der Waals surface area (Å²) in [6.07, 6.45) is 0. The summed E-state index contributed by atoms with van der Waals surface area (Å²) in [5.74, 6) is 1.08. The van der Waals surface area contributed by atoms with E-state index >= 15 is 0 Å². The number of anilines is 1. The van der Waals surface area contributed by atoms with Gasteiger partial charge in [-0.1, -0.05) is 0 Å². The molecule has 0 fully saturated rings. The summed E-state index contributed by atoms with van der Waals surface area (Å²) in [6.45, 7) is 28.5. The topological polar surface area (TPSA) is 122 Å². The molecule has 0 spiro atoms. The zero-order valence-corrected chi connectivity index (χ0v) is 32.9. The predicted octanol–water partition coefficient (Wildman–Crippen LogP) is 6.84. The monoisotopic (exact) mass is 715 g/mol. The van der Waals surface area contributed by atoms with E-state index in [1.165, 1.54) is 0 Å². The average molecular weight is 716 g/mol. The number of methoxy groups -OCH3 is 2. The standard InChI is InChI=1S/C37H61N7O5S/c1-10-43(11-2,12-3)18-22-47-20-16-42(17-21-48-24-25-49-23-19-44(13-4,14-5)15-6)33-27-34(45-8)32(26-35(33)46-9)40-41-37-31(28-38)30(7)36(29-39)50-37/h26-27H,10-25H2,1-9H3/q+2. The summed E-state index contributed by atoms with van der Waals surface area (Å²) >= 11 is 1.14. The van der Waals surface area contributed by atoms with Crippen molar-refractivity contribution in [2.75, 3.05) is 124 Å². The van der Waals surface area contributed by atoms with E-state index in [-0.39, 0.29) is 0 Å². The lowest BCUT2D eigenvalue weighted by Crippen LogP contribution is -2.49. The Balaban J connectivity index is 2.20. The van der Waals surface area contributed by atoms with Crippen LogP contribution < -0.4 is 14.4 Å². The molecule has 0 bridgehead atoms. The molecule has 2 rings (SSSR count). The van der Waals surface area contributed by atoms with Crippen molar-refractivity contribution in [3.05, 3.63) is 28.1 Å². The van der Waals surface area contributed by atoms with Gasteiger partial charge in [0.25, 0.3) is 0 Å². The van der Waals surface area contributed by atoms with E-state index in [1.54, 1.807) is 27.2 Å². The molecule has 0 unspecified atom stereocenters. The summed E-state index contributed by atoms with van der Waals surface area (Å²) in [7, 11) is 3.19. The largest absolute Gasteiger partial charge is 0.494 e. The third-order valence-corrected chi connectivity index (χ3v) is 11.3. The van der Waals surface area contributed by atoms with Gasteiger partial charge in [-0.2, -0.15) is 10.5 Å². The highest BCUT2D eigenvalue weighted by Crippen LogP contribution is 2.42. The van der Waals surface area contributed by atoms with E-state index in [9.17, 15) is 10.5 Å². The highest BCUT2D eigenvalue weighted by Gasteiger charge is 2.22. The zero-order chi connectivity index (χ0) is 37.0. The number of hydrogen-bond acceptors (Lipinski definition) is 11. The van der Waals surface area contributed by atoms with Gasteiger partial charge in [0.15, 0.2) is 5.00 Å². The Hall–Kier alpha value is -3.30. The van der Waals surface area contributed by atoms with Crippen LogP contribution in [-0.2, 0) is 14.2 Å². The van der Waals surface area contributed by atoms with Crippen molar-refractivity contribution in [3.63, 3.8) is 0 Å². The normalized spacial score (nSPS) is 11.9. The molecule has 0 amide bonds. The van der Waals surface area contributed by atoms with Gasteiger partial charge in [0.2, 0.25) is 0 Å². The first kappa shape index (κ1) is 42.9. The third-order valence-electron chi connectivity index (χ3n) is 10.2. The highest BCUT2D eigenvalue weighted by molar-refractivity contribution is 7.16. The number of benzene rings is 1.